The third kappa shape index (κ3) is 1.84. The average Bonchev–Trinajstić information content (AvgIpc) is 2.20. The van der Waals surface area contributed by atoms with Crippen LogP contribution in [0.3, 0.4) is 0 Å². The van der Waals surface area contributed by atoms with E-state index in [0.29, 0.717) is 0 Å². The zero-order chi connectivity index (χ0) is 11.7. The van der Waals surface area contributed by atoms with Gasteiger partial charge in [0.1, 0.15) is 0 Å². The summed E-state index contributed by atoms with van der Waals surface area (Å²) < 4.78 is 0. The highest BCUT2D eigenvalue weighted by Crippen LogP contribution is 2.26. The molecule has 0 fully saturated rings. The summed E-state index contributed by atoms with van der Waals surface area (Å²) in [5.41, 5.74) is 10.3. The zero-order valence-electron chi connectivity index (χ0n) is 9.37. The van der Waals surface area contributed by atoms with Crippen LogP contribution < -0.4 is 11.3 Å². The zero-order valence-corrected chi connectivity index (χ0v) is 9.37. The van der Waals surface area contributed by atoms with Crippen LogP contribution in [0.4, 0.5) is 5.69 Å². The molecule has 1 heterocycles. The van der Waals surface area contributed by atoms with E-state index in [1.807, 2.05) is 38.1 Å². The Balaban J connectivity index is 2.67. The van der Waals surface area contributed by atoms with Gasteiger partial charge in [-0.3, -0.25) is 4.79 Å². The number of H-pyrrole nitrogens is 1. The Morgan fingerprint density at radius 2 is 1.94 bits per heavy atom. The number of aromatic nitrogens is 1. The Hall–Kier alpha value is -2.03. The summed E-state index contributed by atoms with van der Waals surface area (Å²) in [7, 11) is 0. The van der Waals surface area contributed by atoms with Crippen molar-refractivity contribution in [2.75, 3.05) is 5.73 Å². The molecule has 2 rings (SSSR count). The number of hydrogen-bond acceptors (Lipinski definition) is 2. The molecule has 3 N–H and O–H groups in total. The summed E-state index contributed by atoms with van der Waals surface area (Å²) in [5.74, 6) is 0. The van der Waals surface area contributed by atoms with E-state index in [9.17, 15) is 4.79 Å². The number of hydrogen-bond donors (Lipinski definition) is 2. The second-order valence-corrected chi connectivity index (χ2v) is 3.94. The first-order chi connectivity index (χ1) is 7.58. The van der Waals surface area contributed by atoms with Gasteiger partial charge < -0.3 is 10.7 Å². The highest BCUT2D eigenvalue weighted by molar-refractivity contribution is 5.72. The molecular weight excluding hydrogens is 200 g/mol. The van der Waals surface area contributed by atoms with E-state index in [4.69, 9.17) is 5.73 Å². The van der Waals surface area contributed by atoms with Crippen molar-refractivity contribution >= 4 is 5.69 Å². The molecule has 2 aromatic rings. The van der Waals surface area contributed by atoms with Gasteiger partial charge in [-0.1, -0.05) is 12.1 Å². The molecule has 1 aromatic heterocycles. The molecule has 0 bridgehead atoms. The summed E-state index contributed by atoms with van der Waals surface area (Å²) in [6, 6.07) is 9.27. The van der Waals surface area contributed by atoms with E-state index in [1.54, 1.807) is 6.07 Å². The third-order valence-electron chi connectivity index (χ3n) is 2.67. The topological polar surface area (TPSA) is 58.9 Å². The Morgan fingerprint density at radius 1 is 1.19 bits per heavy atom. The van der Waals surface area contributed by atoms with Crippen molar-refractivity contribution in [2.24, 2.45) is 0 Å². The third-order valence-corrected chi connectivity index (χ3v) is 2.67. The smallest absolute Gasteiger partial charge is 0.248 e. The molecule has 0 aliphatic carbocycles. The van der Waals surface area contributed by atoms with Gasteiger partial charge in [0.15, 0.2) is 0 Å². The van der Waals surface area contributed by atoms with E-state index in [-0.39, 0.29) is 5.56 Å². The van der Waals surface area contributed by atoms with E-state index >= 15 is 0 Å². The van der Waals surface area contributed by atoms with Crippen molar-refractivity contribution < 1.29 is 0 Å². The van der Waals surface area contributed by atoms with Crippen LogP contribution in [0.2, 0.25) is 0 Å². The number of rotatable bonds is 1. The number of aromatic amines is 1. The number of anilines is 1. The number of nitrogens with two attached hydrogens (primary N) is 1. The van der Waals surface area contributed by atoms with Gasteiger partial charge in [0.2, 0.25) is 5.56 Å². The molecule has 0 saturated carbocycles. The Bertz CT molecular complexity index is 585. The van der Waals surface area contributed by atoms with Crippen LogP contribution in [0.5, 0.6) is 0 Å². The van der Waals surface area contributed by atoms with Gasteiger partial charge in [-0.25, -0.2) is 0 Å². The van der Waals surface area contributed by atoms with Crippen molar-refractivity contribution in [3.63, 3.8) is 0 Å². The van der Waals surface area contributed by atoms with Crippen LogP contribution in [-0.2, 0) is 0 Å². The van der Waals surface area contributed by atoms with Gasteiger partial charge in [-0.15, -0.1) is 0 Å². The molecule has 82 valence electrons. The number of benzene rings is 1. The predicted octanol–water partition coefficient (Wildman–Crippen LogP) is 2.24. The van der Waals surface area contributed by atoms with Crippen LogP contribution in [0.15, 0.2) is 35.1 Å². The maximum absolute atomic E-state index is 11.4. The summed E-state index contributed by atoms with van der Waals surface area (Å²) in [6.45, 7) is 3.83. The molecule has 0 atom stereocenters. The molecule has 0 amide bonds. The summed E-state index contributed by atoms with van der Waals surface area (Å²) in [5, 5.41) is 0. The van der Waals surface area contributed by atoms with Crippen LogP contribution in [0.25, 0.3) is 11.1 Å². The largest absolute Gasteiger partial charge is 0.398 e. The van der Waals surface area contributed by atoms with E-state index in [2.05, 4.69) is 4.98 Å². The van der Waals surface area contributed by atoms with E-state index < -0.39 is 0 Å². The van der Waals surface area contributed by atoms with Gasteiger partial charge in [0.25, 0.3) is 0 Å². The van der Waals surface area contributed by atoms with Gasteiger partial charge in [0.05, 0.1) is 0 Å². The molecule has 0 saturated heterocycles. The number of nitrogen functional groups attached to an aromatic ring is 1. The standard InChI is InChI=1S/C13H14N2O/c1-8-6-10(7-13(16)15-8)11-4-3-5-12(14)9(11)2/h3-7H,14H2,1-2H3,(H,15,16). The Kier molecular flexibility index (Phi) is 2.52. The lowest BCUT2D eigenvalue weighted by Crippen LogP contribution is -2.06. The van der Waals surface area contributed by atoms with Gasteiger partial charge >= 0.3 is 0 Å². The fourth-order valence-corrected chi connectivity index (χ4v) is 1.80. The number of pyridine rings is 1. The molecule has 0 aliphatic heterocycles. The Labute approximate surface area is 93.9 Å². The first kappa shape index (κ1) is 10.5. The highest BCUT2D eigenvalue weighted by atomic mass is 16.1. The maximum atomic E-state index is 11.4. The quantitative estimate of drug-likeness (QED) is 0.715. The summed E-state index contributed by atoms with van der Waals surface area (Å²) in [6.07, 6.45) is 0. The molecule has 0 spiro atoms. The normalized spacial score (nSPS) is 10.4. The van der Waals surface area contributed by atoms with E-state index in [1.165, 1.54) is 0 Å². The molecule has 0 unspecified atom stereocenters. The van der Waals surface area contributed by atoms with Crippen molar-refractivity contribution in [3.8, 4) is 11.1 Å². The first-order valence-electron chi connectivity index (χ1n) is 5.14. The summed E-state index contributed by atoms with van der Waals surface area (Å²) in [4.78, 5) is 14.1. The SMILES string of the molecule is Cc1cc(-c2cccc(N)c2C)cc(=O)[nH]1. The van der Waals surface area contributed by atoms with Gasteiger partial charge in [-0.05, 0) is 42.7 Å². The van der Waals surface area contributed by atoms with Crippen molar-refractivity contribution in [3.05, 3.63) is 51.9 Å². The predicted molar refractivity (Wildman–Crippen MR) is 66.4 cm³/mol. The molecular formula is C13H14N2O. The minimum absolute atomic E-state index is 0.0863. The molecule has 16 heavy (non-hydrogen) atoms. The van der Waals surface area contributed by atoms with Gasteiger partial charge in [-0.2, -0.15) is 0 Å². The van der Waals surface area contributed by atoms with E-state index in [0.717, 1.165) is 28.1 Å². The lowest BCUT2D eigenvalue weighted by molar-refractivity contribution is 1.14. The highest BCUT2D eigenvalue weighted by Gasteiger charge is 2.05. The van der Waals surface area contributed by atoms with Crippen LogP contribution in [0, 0.1) is 13.8 Å². The molecule has 1 aromatic carbocycles. The number of nitrogens with one attached hydrogen (secondary N) is 1. The monoisotopic (exact) mass is 214 g/mol. The molecule has 0 aliphatic rings. The van der Waals surface area contributed by atoms with Crippen LogP contribution >= 0.6 is 0 Å². The summed E-state index contributed by atoms with van der Waals surface area (Å²) >= 11 is 0. The lowest BCUT2D eigenvalue weighted by atomic mass is 10.00. The van der Waals surface area contributed by atoms with Crippen LogP contribution in [0.1, 0.15) is 11.3 Å². The minimum atomic E-state index is -0.0863. The lowest BCUT2D eigenvalue weighted by Gasteiger charge is -2.08. The fourth-order valence-electron chi connectivity index (χ4n) is 1.80. The second-order valence-electron chi connectivity index (χ2n) is 3.94. The molecule has 0 radical (unpaired) electrons. The fraction of sp³-hybridized carbons (Fsp3) is 0.154. The Morgan fingerprint density at radius 3 is 2.62 bits per heavy atom. The number of aryl methyl sites for hydroxylation is 1. The second kappa shape index (κ2) is 3.85. The maximum Gasteiger partial charge on any atom is 0.248 e. The molecule has 3 nitrogen and oxygen atoms in total. The van der Waals surface area contributed by atoms with Crippen molar-refractivity contribution in [1.82, 2.24) is 4.98 Å². The average molecular weight is 214 g/mol. The van der Waals surface area contributed by atoms with Crippen molar-refractivity contribution in [1.29, 1.82) is 0 Å². The molecule has 3 heteroatoms. The minimum Gasteiger partial charge on any atom is -0.398 e. The first-order valence-corrected chi connectivity index (χ1v) is 5.14. The van der Waals surface area contributed by atoms with Crippen molar-refractivity contribution in [2.45, 2.75) is 13.8 Å². The van der Waals surface area contributed by atoms with Gasteiger partial charge in [0, 0.05) is 17.4 Å². The van der Waals surface area contributed by atoms with Crippen LogP contribution in [-0.4, -0.2) is 4.98 Å².